The minimum Gasteiger partial charge on any atom is -0.373 e. The number of hydrogen-bond acceptors (Lipinski definition) is 2. The van der Waals surface area contributed by atoms with Crippen molar-refractivity contribution in [2.75, 3.05) is 0 Å². The third-order valence-electron chi connectivity index (χ3n) is 2.03. The summed E-state index contributed by atoms with van der Waals surface area (Å²) < 4.78 is 0. The number of primary amides is 1. The Labute approximate surface area is 112 Å². The summed E-state index contributed by atoms with van der Waals surface area (Å²) >= 11 is 22.6. The lowest BCUT2D eigenvalue weighted by Gasteiger charge is -2.27. The highest BCUT2D eigenvalue weighted by Crippen LogP contribution is 2.36. The van der Waals surface area contributed by atoms with Crippen molar-refractivity contribution >= 4 is 52.3 Å². The van der Waals surface area contributed by atoms with Gasteiger partial charge < -0.3 is 10.8 Å². The van der Waals surface area contributed by atoms with E-state index in [0.29, 0.717) is 5.02 Å². The van der Waals surface area contributed by atoms with Gasteiger partial charge >= 0.3 is 0 Å². The van der Waals surface area contributed by atoms with Crippen LogP contribution in [0.3, 0.4) is 0 Å². The number of carbonyl (C=O) groups excluding carboxylic acids is 1. The molecule has 0 fully saturated rings. The highest BCUT2D eigenvalue weighted by atomic mass is 35.5. The van der Waals surface area contributed by atoms with Gasteiger partial charge in [0.15, 0.2) is 5.60 Å². The van der Waals surface area contributed by atoms with Crippen molar-refractivity contribution in [3.05, 3.63) is 33.8 Å². The van der Waals surface area contributed by atoms with Crippen molar-refractivity contribution in [3.8, 4) is 0 Å². The molecule has 0 spiro atoms. The van der Waals surface area contributed by atoms with Crippen molar-refractivity contribution in [1.82, 2.24) is 0 Å². The van der Waals surface area contributed by atoms with Gasteiger partial charge in [0.2, 0.25) is 0 Å². The maximum atomic E-state index is 11.2. The molecule has 0 saturated carbocycles. The van der Waals surface area contributed by atoms with Crippen molar-refractivity contribution in [1.29, 1.82) is 0 Å². The monoisotopic (exact) mass is 301 g/mol. The molecule has 16 heavy (non-hydrogen) atoms. The zero-order valence-corrected chi connectivity index (χ0v) is 10.8. The fourth-order valence-electron chi connectivity index (χ4n) is 1.16. The van der Waals surface area contributed by atoms with E-state index in [4.69, 9.17) is 52.1 Å². The van der Waals surface area contributed by atoms with Crippen molar-refractivity contribution < 1.29 is 9.90 Å². The molecule has 88 valence electrons. The van der Waals surface area contributed by atoms with Crippen LogP contribution in [0.2, 0.25) is 10.0 Å². The van der Waals surface area contributed by atoms with E-state index < -0.39 is 16.3 Å². The van der Waals surface area contributed by atoms with Gasteiger partial charge in [-0.1, -0.05) is 29.3 Å². The number of nitrogens with two attached hydrogens (primary N) is 1. The van der Waals surface area contributed by atoms with Gasteiger partial charge in [0.1, 0.15) is 4.84 Å². The Kier molecular flexibility index (Phi) is 4.32. The molecule has 1 amide bonds. The zero-order valence-electron chi connectivity index (χ0n) is 7.75. The van der Waals surface area contributed by atoms with Gasteiger partial charge in [-0.15, -0.1) is 23.2 Å². The SMILES string of the molecule is NC(=O)C(O)(c1ccc(Cl)cc1Cl)C(Cl)Cl. The van der Waals surface area contributed by atoms with Crippen LogP contribution in [0.1, 0.15) is 5.56 Å². The summed E-state index contributed by atoms with van der Waals surface area (Å²) in [7, 11) is 0. The van der Waals surface area contributed by atoms with Gasteiger partial charge in [0.25, 0.3) is 5.91 Å². The van der Waals surface area contributed by atoms with Crippen LogP contribution in [-0.4, -0.2) is 15.8 Å². The highest BCUT2D eigenvalue weighted by molar-refractivity contribution is 6.46. The Balaban J connectivity index is 3.38. The van der Waals surface area contributed by atoms with E-state index in [9.17, 15) is 9.90 Å². The Morgan fingerprint density at radius 1 is 1.38 bits per heavy atom. The predicted octanol–water partition coefficient (Wildman–Crippen LogP) is 2.47. The molecule has 1 unspecified atom stereocenters. The molecule has 1 atom stereocenters. The molecule has 0 saturated heterocycles. The minimum atomic E-state index is -2.25. The summed E-state index contributed by atoms with van der Waals surface area (Å²) in [6.07, 6.45) is 0. The molecule has 0 aliphatic carbocycles. The number of amides is 1. The number of hydrogen-bond donors (Lipinski definition) is 2. The van der Waals surface area contributed by atoms with Crippen LogP contribution < -0.4 is 5.73 Å². The maximum Gasteiger partial charge on any atom is 0.257 e. The average Bonchev–Trinajstić information content (AvgIpc) is 2.15. The van der Waals surface area contributed by atoms with E-state index >= 15 is 0 Å². The average molecular weight is 303 g/mol. The summed E-state index contributed by atoms with van der Waals surface area (Å²) in [5.41, 5.74) is 2.83. The van der Waals surface area contributed by atoms with Crippen LogP contribution in [0.4, 0.5) is 0 Å². The quantitative estimate of drug-likeness (QED) is 0.843. The van der Waals surface area contributed by atoms with Gasteiger partial charge in [0.05, 0.1) is 0 Å². The molecule has 0 bridgehead atoms. The zero-order chi connectivity index (χ0) is 12.5. The Hall–Kier alpha value is -0.190. The van der Waals surface area contributed by atoms with E-state index in [1.54, 1.807) is 0 Å². The Bertz CT molecular complexity index is 424. The van der Waals surface area contributed by atoms with Crippen molar-refractivity contribution in [2.24, 2.45) is 5.73 Å². The van der Waals surface area contributed by atoms with Crippen LogP contribution >= 0.6 is 46.4 Å². The van der Waals surface area contributed by atoms with Gasteiger partial charge in [0, 0.05) is 15.6 Å². The first-order valence-corrected chi connectivity index (χ1v) is 5.69. The number of aliphatic hydroxyl groups is 1. The second-order valence-electron chi connectivity index (χ2n) is 3.06. The molecule has 3 N–H and O–H groups in total. The lowest BCUT2D eigenvalue weighted by molar-refractivity contribution is -0.135. The molecule has 1 aromatic carbocycles. The van der Waals surface area contributed by atoms with Crippen LogP contribution in [0.15, 0.2) is 18.2 Å². The molecule has 1 rings (SSSR count). The minimum absolute atomic E-state index is 0.0149. The molecule has 0 radical (unpaired) electrons. The first kappa shape index (κ1) is 13.9. The molecular formula is C9H7Cl4NO2. The van der Waals surface area contributed by atoms with Gasteiger partial charge in [-0.3, -0.25) is 4.79 Å². The normalized spacial score (nSPS) is 14.9. The third kappa shape index (κ3) is 2.39. The lowest BCUT2D eigenvalue weighted by Crippen LogP contribution is -2.46. The summed E-state index contributed by atoms with van der Waals surface area (Å²) in [6, 6.07) is 4.13. The van der Waals surface area contributed by atoms with Gasteiger partial charge in [-0.05, 0) is 12.1 Å². The largest absolute Gasteiger partial charge is 0.373 e. The van der Waals surface area contributed by atoms with E-state index in [0.717, 1.165) is 0 Å². The Morgan fingerprint density at radius 3 is 2.31 bits per heavy atom. The van der Waals surface area contributed by atoms with Crippen molar-refractivity contribution in [3.63, 3.8) is 0 Å². The topological polar surface area (TPSA) is 63.3 Å². The number of carbonyl (C=O) groups is 1. The predicted molar refractivity (Wildman–Crippen MR) is 65.0 cm³/mol. The van der Waals surface area contributed by atoms with E-state index in [1.165, 1.54) is 18.2 Å². The fourth-order valence-corrected chi connectivity index (χ4v) is 2.16. The summed E-state index contributed by atoms with van der Waals surface area (Å²) in [5.74, 6) is -1.09. The first-order chi connectivity index (χ1) is 7.30. The number of rotatable bonds is 3. The van der Waals surface area contributed by atoms with Crippen LogP contribution in [-0.2, 0) is 10.4 Å². The summed E-state index contributed by atoms with van der Waals surface area (Å²) in [5, 5.41) is 10.4. The van der Waals surface area contributed by atoms with Crippen LogP contribution in [0.5, 0.6) is 0 Å². The van der Waals surface area contributed by atoms with Gasteiger partial charge in [-0.25, -0.2) is 0 Å². The molecule has 1 aromatic rings. The lowest BCUT2D eigenvalue weighted by atomic mass is 9.95. The molecule has 3 nitrogen and oxygen atoms in total. The molecule has 0 aromatic heterocycles. The van der Waals surface area contributed by atoms with Crippen LogP contribution in [0, 0.1) is 0 Å². The maximum absolute atomic E-state index is 11.2. The highest BCUT2D eigenvalue weighted by Gasteiger charge is 2.44. The van der Waals surface area contributed by atoms with Gasteiger partial charge in [-0.2, -0.15) is 0 Å². The van der Waals surface area contributed by atoms with E-state index in [-0.39, 0.29) is 10.6 Å². The standard InChI is InChI=1S/C9H7Cl4NO2/c10-4-1-2-5(6(11)3-4)9(16,7(12)13)8(14)15/h1-3,7,16H,(H2,14,15). The van der Waals surface area contributed by atoms with E-state index in [1.807, 2.05) is 0 Å². The second-order valence-corrected chi connectivity index (χ2v) is 5.00. The molecular weight excluding hydrogens is 296 g/mol. The molecule has 7 heteroatoms. The first-order valence-electron chi connectivity index (χ1n) is 4.06. The number of alkyl halides is 2. The summed E-state index contributed by atoms with van der Waals surface area (Å²) in [6.45, 7) is 0. The molecule has 0 aliphatic rings. The smallest absolute Gasteiger partial charge is 0.257 e. The second kappa shape index (κ2) is 4.98. The Morgan fingerprint density at radius 2 is 1.94 bits per heavy atom. The van der Waals surface area contributed by atoms with Crippen molar-refractivity contribution in [2.45, 2.75) is 10.4 Å². The number of halogens is 4. The van der Waals surface area contributed by atoms with Crippen LogP contribution in [0.25, 0.3) is 0 Å². The number of benzene rings is 1. The molecule has 0 aliphatic heterocycles. The fraction of sp³-hybridized carbons (Fsp3) is 0.222. The third-order valence-corrected chi connectivity index (χ3v) is 3.21. The summed E-state index contributed by atoms with van der Waals surface area (Å²) in [4.78, 5) is 9.77. The molecule has 0 heterocycles. The van der Waals surface area contributed by atoms with E-state index in [2.05, 4.69) is 0 Å².